The van der Waals surface area contributed by atoms with Gasteiger partial charge in [-0.25, -0.2) is 4.98 Å². The van der Waals surface area contributed by atoms with Crippen LogP contribution in [0.4, 0.5) is 0 Å². The molecule has 0 radical (unpaired) electrons. The van der Waals surface area contributed by atoms with E-state index in [0.29, 0.717) is 25.3 Å². The molecule has 6 heteroatoms. The minimum Gasteiger partial charge on any atom is -0.395 e. The molecule has 2 aromatic heterocycles. The zero-order chi connectivity index (χ0) is 16.4. The zero-order valence-corrected chi connectivity index (χ0v) is 13.8. The molecule has 124 valence electrons. The third kappa shape index (κ3) is 3.09. The van der Waals surface area contributed by atoms with Crippen molar-refractivity contribution in [2.24, 2.45) is 0 Å². The topological polar surface area (TPSA) is 61.1 Å². The van der Waals surface area contributed by atoms with Crippen LogP contribution in [0.15, 0.2) is 18.3 Å². The SMILES string of the molecule is CCc1nc2cc(C)ccn2c1C(=O)N1CCN(CCO)CC1. The van der Waals surface area contributed by atoms with Gasteiger partial charge in [-0.3, -0.25) is 14.1 Å². The van der Waals surface area contributed by atoms with Gasteiger partial charge in [0.05, 0.1) is 12.3 Å². The van der Waals surface area contributed by atoms with Gasteiger partial charge in [0.2, 0.25) is 0 Å². The summed E-state index contributed by atoms with van der Waals surface area (Å²) in [5, 5.41) is 9.02. The molecular formula is C17H24N4O2. The highest BCUT2D eigenvalue weighted by molar-refractivity contribution is 5.95. The number of hydrogen-bond donors (Lipinski definition) is 1. The number of fused-ring (bicyclic) bond motifs is 1. The summed E-state index contributed by atoms with van der Waals surface area (Å²) in [7, 11) is 0. The maximum Gasteiger partial charge on any atom is 0.272 e. The van der Waals surface area contributed by atoms with E-state index < -0.39 is 0 Å². The van der Waals surface area contributed by atoms with E-state index in [2.05, 4.69) is 9.88 Å². The van der Waals surface area contributed by atoms with Crippen LogP contribution in [-0.4, -0.2) is 69.5 Å². The average Bonchev–Trinajstić information content (AvgIpc) is 2.92. The van der Waals surface area contributed by atoms with Gasteiger partial charge in [0, 0.05) is 38.9 Å². The van der Waals surface area contributed by atoms with Gasteiger partial charge in [-0.05, 0) is 31.0 Å². The maximum atomic E-state index is 13.0. The average molecular weight is 316 g/mol. The van der Waals surface area contributed by atoms with E-state index in [1.807, 2.05) is 41.5 Å². The highest BCUT2D eigenvalue weighted by atomic mass is 16.3. The fraction of sp³-hybridized carbons (Fsp3) is 0.529. The number of hydrogen-bond acceptors (Lipinski definition) is 4. The Labute approximate surface area is 136 Å². The summed E-state index contributed by atoms with van der Waals surface area (Å²) in [6.45, 7) is 7.92. The highest BCUT2D eigenvalue weighted by Crippen LogP contribution is 2.18. The predicted molar refractivity (Wildman–Crippen MR) is 88.7 cm³/mol. The normalized spacial score (nSPS) is 16.2. The Balaban J connectivity index is 1.86. The Kier molecular flexibility index (Phi) is 4.63. The fourth-order valence-electron chi connectivity index (χ4n) is 3.13. The summed E-state index contributed by atoms with van der Waals surface area (Å²) in [5.74, 6) is 0.0573. The number of carbonyl (C=O) groups is 1. The van der Waals surface area contributed by atoms with Crippen molar-refractivity contribution < 1.29 is 9.90 Å². The number of β-amino-alcohol motifs (C(OH)–C–C–N with tert-alkyl or cyclic N) is 1. The molecule has 0 unspecified atom stereocenters. The van der Waals surface area contributed by atoms with Crippen LogP contribution < -0.4 is 0 Å². The molecule has 0 aromatic carbocycles. The van der Waals surface area contributed by atoms with Gasteiger partial charge < -0.3 is 10.0 Å². The summed E-state index contributed by atoms with van der Waals surface area (Å²) >= 11 is 0. The number of amides is 1. The number of aryl methyl sites for hydroxylation is 2. The van der Waals surface area contributed by atoms with Crippen LogP contribution in [0, 0.1) is 6.92 Å². The number of aliphatic hydroxyl groups excluding tert-OH is 1. The number of piperazine rings is 1. The first-order valence-corrected chi connectivity index (χ1v) is 8.24. The van der Waals surface area contributed by atoms with Gasteiger partial charge >= 0.3 is 0 Å². The van der Waals surface area contributed by atoms with E-state index in [1.54, 1.807) is 0 Å². The van der Waals surface area contributed by atoms with Crippen LogP contribution in [0.5, 0.6) is 0 Å². The number of aliphatic hydroxyl groups is 1. The molecule has 1 saturated heterocycles. The van der Waals surface area contributed by atoms with E-state index in [0.717, 1.165) is 36.4 Å². The summed E-state index contributed by atoms with van der Waals surface area (Å²) < 4.78 is 1.91. The molecule has 1 amide bonds. The van der Waals surface area contributed by atoms with Gasteiger partial charge in [-0.15, -0.1) is 0 Å². The van der Waals surface area contributed by atoms with Crippen LogP contribution in [-0.2, 0) is 6.42 Å². The molecular weight excluding hydrogens is 292 g/mol. The van der Waals surface area contributed by atoms with Crippen molar-refractivity contribution in [3.05, 3.63) is 35.3 Å². The van der Waals surface area contributed by atoms with E-state index in [1.165, 1.54) is 0 Å². The van der Waals surface area contributed by atoms with Gasteiger partial charge in [-0.2, -0.15) is 0 Å². The van der Waals surface area contributed by atoms with Gasteiger partial charge in [0.15, 0.2) is 0 Å². The van der Waals surface area contributed by atoms with Crippen LogP contribution in [0.2, 0.25) is 0 Å². The largest absolute Gasteiger partial charge is 0.395 e. The van der Waals surface area contributed by atoms with E-state index >= 15 is 0 Å². The summed E-state index contributed by atoms with van der Waals surface area (Å²) in [5.41, 5.74) is 3.53. The Hall–Kier alpha value is -1.92. The van der Waals surface area contributed by atoms with Crippen LogP contribution in [0.3, 0.4) is 0 Å². The number of imidazole rings is 1. The standard InChI is InChI=1S/C17H24N4O2/c1-3-14-16(21-5-4-13(2)12-15(21)18-14)17(23)20-8-6-19(7-9-20)10-11-22/h4-5,12,22H,3,6-11H2,1-2H3. The predicted octanol–water partition coefficient (Wildman–Crippen LogP) is 0.955. The number of pyridine rings is 1. The minimum atomic E-state index is 0.0573. The molecule has 3 heterocycles. The molecule has 0 spiro atoms. The fourth-order valence-corrected chi connectivity index (χ4v) is 3.13. The van der Waals surface area contributed by atoms with Crippen molar-refractivity contribution in [3.8, 4) is 0 Å². The number of carbonyl (C=O) groups excluding carboxylic acids is 1. The molecule has 1 N–H and O–H groups in total. The van der Waals surface area contributed by atoms with Crippen molar-refractivity contribution in [1.82, 2.24) is 19.2 Å². The summed E-state index contributed by atoms with van der Waals surface area (Å²) in [4.78, 5) is 21.7. The van der Waals surface area contributed by atoms with E-state index in [9.17, 15) is 4.79 Å². The second kappa shape index (κ2) is 6.68. The Morgan fingerprint density at radius 1 is 1.30 bits per heavy atom. The van der Waals surface area contributed by atoms with Crippen LogP contribution >= 0.6 is 0 Å². The lowest BCUT2D eigenvalue weighted by molar-refractivity contribution is 0.0607. The zero-order valence-electron chi connectivity index (χ0n) is 13.8. The first kappa shape index (κ1) is 16.0. The molecule has 0 atom stereocenters. The number of aromatic nitrogens is 2. The molecule has 23 heavy (non-hydrogen) atoms. The quantitative estimate of drug-likeness (QED) is 0.912. The molecule has 1 fully saturated rings. The second-order valence-electron chi connectivity index (χ2n) is 6.05. The molecule has 2 aromatic rings. The molecule has 0 aliphatic carbocycles. The summed E-state index contributed by atoms with van der Waals surface area (Å²) in [6.07, 6.45) is 2.68. The van der Waals surface area contributed by atoms with Gasteiger partial charge in [0.1, 0.15) is 11.3 Å². The smallest absolute Gasteiger partial charge is 0.272 e. The molecule has 1 aliphatic rings. The van der Waals surface area contributed by atoms with E-state index in [-0.39, 0.29) is 12.5 Å². The maximum absolute atomic E-state index is 13.0. The number of rotatable bonds is 4. The lowest BCUT2D eigenvalue weighted by Crippen LogP contribution is -2.49. The Morgan fingerprint density at radius 2 is 2.04 bits per heavy atom. The lowest BCUT2D eigenvalue weighted by atomic mass is 10.2. The Morgan fingerprint density at radius 3 is 2.70 bits per heavy atom. The third-order valence-electron chi connectivity index (χ3n) is 4.47. The summed E-state index contributed by atoms with van der Waals surface area (Å²) in [6, 6.07) is 4.01. The molecule has 0 saturated carbocycles. The van der Waals surface area contributed by atoms with E-state index in [4.69, 9.17) is 5.11 Å². The van der Waals surface area contributed by atoms with Gasteiger partial charge in [-0.1, -0.05) is 6.92 Å². The minimum absolute atomic E-state index is 0.0573. The molecule has 1 aliphatic heterocycles. The van der Waals surface area contributed by atoms with Crippen molar-refractivity contribution >= 4 is 11.6 Å². The molecule has 0 bridgehead atoms. The van der Waals surface area contributed by atoms with Crippen LogP contribution in [0.25, 0.3) is 5.65 Å². The van der Waals surface area contributed by atoms with Crippen molar-refractivity contribution in [1.29, 1.82) is 0 Å². The lowest BCUT2D eigenvalue weighted by Gasteiger charge is -2.34. The van der Waals surface area contributed by atoms with Crippen molar-refractivity contribution in [3.63, 3.8) is 0 Å². The van der Waals surface area contributed by atoms with Gasteiger partial charge in [0.25, 0.3) is 5.91 Å². The number of nitrogens with zero attached hydrogens (tertiary/aromatic N) is 4. The monoisotopic (exact) mass is 316 g/mol. The van der Waals surface area contributed by atoms with Crippen molar-refractivity contribution in [2.45, 2.75) is 20.3 Å². The molecule has 6 nitrogen and oxygen atoms in total. The first-order valence-electron chi connectivity index (χ1n) is 8.24. The molecule has 3 rings (SSSR count). The Bertz CT molecular complexity index is 702. The second-order valence-corrected chi connectivity index (χ2v) is 6.05. The van der Waals surface area contributed by atoms with Crippen molar-refractivity contribution in [2.75, 3.05) is 39.3 Å². The third-order valence-corrected chi connectivity index (χ3v) is 4.47. The highest BCUT2D eigenvalue weighted by Gasteiger charge is 2.26. The first-order chi connectivity index (χ1) is 11.1. The van der Waals surface area contributed by atoms with Crippen LogP contribution in [0.1, 0.15) is 28.7 Å².